The minimum atomic E-state index is -0.632. The van der Waals surface area contributed by atoms with Crippen molar-refractivity contribution in [1.82, 2.24) is 0 Å². The van der Waals surface area contributed by atoms with Gasteiger partial charge < -0.3 is 15.0 Å². The molecule has 188 valence electrons. The molecule has 4 aromatic rings. The molecule has 0 atom stereocenters. The smallest absolute Gasteiger partial charge is 0.283 e. The molecule has 8 heteroatoms. The highest BCUT2D eigenvalue weighted by molar-refractivity contribution is 6.53. The van der Waals surface area contributed by atoms with Gasteiger partial charge in [-0.15, -0.1) is 0 Å². The van der Waals surface area contributed by atoms with E-state index >= 15 is 0 Å². The average Bonchev–Trinajstić information content (AvgIpc) is 3.17. The number of benzene rings is 4. The molecule has 1 aliphatic rings. The molecule has 3 amide bonds. The van der Waals surface area contributed by atoms with Gasteiger partial charge in [-0.3, -0.25) is 14.4 Å². The first-order chi connectivity index (χ1) is 18.4. The van der Waals surface area contributed by atoms with Crippen molar-refractivity contribution in [3.05, 3.63) is 125 Å². The highest BCUT2D eigenvalue weighted by Gasteiger charge is 2.39. The van der Waals surface area contributed by atoms with Gasteiger partial charge >= 0.3 is 0 Å². The molecule has 0 fully saturated rings. The van der Waals surface area contributed by atoms with Crippen molar-refractivity contribution < 1.29 is 19.1 Å². The van der Waals surface area contributed by atoms with Crippen molar-refractivity contribution in [3.8, 4) is 11.5 Å². The zero-order chi connectivity index (χ0) is 26.6. The SMILES string of the molecule is CN(C(=O)c1ccc(NC2=C(Cl)C(=O)N(c3ccc(Oc4ccccc4)cc3)C2=O)cc1)c1ccccc1. The van der Waals surface area contributed by atoms with Crippen molar-refractivity contribution in [2.75, 3.05) is 22.2 Å². The maximum atomic E-state index is 13.1. The molecular formula is C30H22ClN3O4. The number of carbonyl (C=O) groups excluding carboxylic acids is 3. The van der Waals surface area contributed by atoms with Gasteiger partial charge in [0.25, 0.3) is 17.7 Å². The maximum Gasteiger partial charge on any atom is 0.283 e. The summed E-state index contributed by atoms with van der Waals surface area (Å²) in [5.74, 6) is -0.168. The van der Waals surface area contributed by atoms with Gasteiger partial charge in [-0.2, -0.15) is 0 Å². The number of hydrogen-bond donors (Lipinski definition) is 1. The second-order valence-corrected chi connectivity index (χ2v) is 8.82. The van der Waals surface area contributed by atoms with Crippen LogP contribution in [-0.2, 0) is 9.59 Å². The molecule has 0 saturated heterocycles. The van der Waals surface area contributed by atoms with Gasteiger partial charge in [-0.1, -0.05) is 48.0 Å². The first-order valence-electron chi connectivity index (χ1n) is 11.7. The van der Waals surface area contributed by atoms with Crippen molar-refractivity contribution in [1.29, 1.82) is 0 Å². The molecule has 0 saturated carbocycles. The number of ether oxygens (including phenoxy) is 1. The van der Waals surface area contributed by atoms with Crippen LogP contribution >= 0.6 is 11.6 Å². The fourth-order valence-corrected chi connectivity index (χ4v) is 4.15. The molecular weight excluding hydrogens is 502 g/mol. The predicted octanol–water partition coefficient (Wildman–Crippen LogP) is 6.19. The first-order valence-corrected chi connectivity index (χ1v) is 12.1. The van der Waals surface area contributed by atoms with Crippen LogP contribution in [0, 0.1) is 0 Å². The fraction of sp³-hybridized carbons (Fsp3) is 0.0333. The summed E-state index contributed by atoms with van der Waals surface area (Å²) in [7, 11) is 1.70. The molecule has 0 spiro atoms. The summed E-state index contributed by atoms with van der Waals surface area (Å²) in [5, 5.41) is 2.71. The fourth-order valence-electron chi connectivity index (χ4n) is 3.94. The Labute approximate surface area is 224 Å². The molecule has 1 N–H and O–H groups in total. The van der Waals surface area contributed by atoms with Gasteiger partial charge in [0.2, 0.25) is 0 Å². The molecule has 1 heterocycles. The Morgan fingerprint density at radius 2 is 1.34 bits per heavy atom. The highest BCUT2D eigenvalue weighted by Crippen LogP contribution is 2.32. The third-order valence-electron chi connectivity index (χ3n) is 5.95. The van der Waals surface area contributed by atoms with E-state index in [4.69, 9.17) is 16.3 Å². The van der Waals surface area contributed by atoms with Crippen molar-refractivity contribution in [2.24, 2.45) is 0 Å². The maximum absolute atomic E-state index is 13.1. The number of imide groups is 1. The lowest BCUT2D eigenvalue weighted by molar-refractivity contribution is -0.120. The topological polar surface area (TPSA) is 79.0 Å². The Morgan fingerprint density at radius 1 is 0.763 bits per heavy atom. The quantitative estimate of drug-likeness (QED) is 0.292. The van der Waals surface area contributed by atoms with Crippen LogP contribution in [-0.4, -0.2) is 24.8 Å². The van der Waals surface area contributed by atoms with Crippen LogP contribution in [0.5, 0.6) is 11.5 Å². The minimum Gasteiger partial charge on any atom is -0.457 e. The van der Waals surface area contributed by atoms with Gasteiger partial charge in [0.1, 0.15) is 22.2 Å². The molecule has 38 heavy (non-hydrogen) atoms. The van der Waals surface area contributed by atoms with Gasteiger partial charge in [-0.05, 0) is 72.8 Å². The van der Waals surface area contributed by atoms with Gasteiger partial charge in [0.15, 0.2) is 0 Å². The third kappa shape index (κ3) is 5.00. The molecule has 0 unspecified atom stereocenters. The average molecular weight is 524 g/mol. The van der Waals surface area contributed by atoms with Crippen LogP contribution in [0.4, 0.5) is 17.1 Å². The zero-order valence-electron chi connectivity index (χ0n) is 20.3. The number of nitrogens with zero attached hydrogens (tertiary/aromatic N) is 2. The van der Waals surface area contributed by atoms with Gasteiger partial charge in [0.05, 0.1) is 5.69 Å². The van der Waals surface area contributed by atoms with Crippen LogP contribution < -0.4 is 19.9 Å². The Kier molecular flexibility index (Phi) is 6.93. The normalized spacial score (nSPS) is 13.1. The summed E-state index contributed by atoms with van der Waals surface area (Å²) < 4.78 is 5.77. The third-order valence-corrected chi connectivity index (χ3v) is 6.30. The number of rotatable bonds is 7. The molecule has 4 aromatic carbocycles. The van der Waals surface area contributed by atoms with Gasteiger partial charge in [0, 0.05) is 24.0 Å². The van der Waals surface area contributed by atoms with E-state index in [9.17, 15) is 14.4 Å². The monoisotopic (exact) mass is 523 g/mol. The minimum absolute atomic E-state index is 0.0400. The van der Waals surface area contributed by atoms with E-state index in [-0.39, 0.29) is 16.6 Å². The number of para-hydroxylation sites is 2. The Balaban J connectivity index is 1.27. The molecule has 5 rings (SSSR count). The molecule has 0 aromatic heterocycles. The summed E-state index contributed by atoms with van der Waals surface area (Å²) >= 11 is 6.27. The van der Waals surface area contributed by atoms with Crippen LogP contribution in [0.15, 0.2) is 120 Å². The van der Waals surface area contributed by atoms with E-state index in [0.717, 1.165) is 10.6 Å². The number of hydrogen-bond acceptors (Lipinski definition) is 5. The predicted molar refractivity (Wildman–Crippen MR) is 148 cm³/mol. The second kappa shape index (κ2) is 10.6. The summed E-state index contributed by atoms with van der Waals surface area (Å²) in [6.45, 7) is 0. The van der Waals surface area contributed by atoms with Crippen molar-refractivity contribution >= 4 is 46.4 Å². The molecule has 0 radical (unpaired) electrons. The second-order valence-electron chi connectivity index (χ2n) is 8.45. The largest absolute Gasteiger partial charge is 0.457 e. The van der Waals surface area contributed by atoms with E-state index in [1.54, 1.807) is 60.5 Å². The van der Waals surface area contributed by atoms with Crippen molar-refractivity contribution in [2.45, 2.75) is 0 Å². The van der Waals surface area contributed by atoms with E-state index in [2.05, 4.69) is 5.32 Å². The van der Waals surface area contributed by atoms with Crippen LogP contribution in [0.25, 0.3) is 0 Å². The Bertz CT molecular complexity index is 1520. The van der Waals surface area contributed by atoms with E-state index in [0.29, 0.717) is 28.4 Å². The zero-order valence-corrected chi connectivity index (χ0v) is 21.1. The summed E-state index contributed by atoms with van der Waals surface area (Å²) in [6, 6.07) is 31.7. The number of halogens is 1. The summed E-state index contributed by atoms with van der Waals surface area (Å²) in [4.78, 5) is 41.4. The first kappa shape index (κ1) is 24.8. The molecule has 0 bridgehead atoms. The Morgan fingerprint density at radius 3 is 1.97 bits per heavy atom. The van der Waals surface area contributed by atoms with E-state index < -0.39 is 11.8 Å². The number of nitrogens with one attached hydrogen (secondary N) is 1. The van der Waals surface area contributed by atoms with Gasteiger partial charge in [-0.25, -0.2) is 4.90 Å². The highest BCUT2D eigenvalue weighted by atomic mass is 35.5. The lowest BCUT2D eigenvalue weighted by atomic mass is 10.1. The lowest BCUT2D eigenvalue weighted by Crippen LogP contribution is -2.32. The van der Waals surface area contributed by atoms with Crippen molar-refractivity contribution in [3.63, 3.8) is 0 Å². The standard InChI is InChI=1S/C30H22ClN3O4/c1-33(22-8-4-2-5-9-22)28(35)20-12-14-21(15-13-20)32-27-26(31)29(36)34(30(27)37)23-16-18-25(19-17-23)38-24-10-6-3-7-11-24/h2-19,32H,1H3. The van der Waals surface area contributed by atoms with Crippen LogP contribution in [0.1, 0.15) is 10.4 Å². The lowest BCUT2D eigenvalue weighted by Gasteiger charge is -2.18. The van der Waals surface area contributed by atoms with Crippen LogP contribution in [0.2, 0.25) is 0 Å². The number of carbonyl (C=O) groups is 3. The van der Waals surface area contributed by atoms with E-state index in [1.165, 1.54) is 0 Å². The molecule has 7 nitrogen and oxygen atoms in total. The molecule has 0 aliphatic carbocycles. The summed E-state index contributed by atoms with van der Waals surface area (Å²) in [6.07, 6.45) is 0. The molecule has 1 aliphatic heterocycles. The Hall–Kier alpha value is -4.88. The van der Waals surface area contributed by atoms with E-state index in [1.807, 2.05) is 60.7 Å². The number of anilines is 3. The summed E-state index contributed by atoms with van der Waals surface area (Å²) in [5.41, 5.74) is 2.07. The number of amides is 3. The van der Waals surface area contributed by atoms with Crippen LogP contribution in [0.3, 0.4) is 0 Å².